The minimum absolute atomic E-state index is 0.0413. The van der Waals surface area contributed by atoms with Crippen LogP contribution in [0.2, 0.25) is 0 Å². The van der Waals surface area contributed by atoms with Crippen molar-refractivity contribution in [2.75, 3.05) is 0 Å². The number of carbonyl (C=O) groups is 1. The van der Waals surface area contributed by atoms with E-state index in [1.807, 2.05) is 54.6 Å². The maximum absolute atomic E-state index is 12.8. The summed E-state index contributed by atoms with van der Waals surface area (Å²) in [7, 11) is -2.08. The number of hydrogen-bond donors (Lipinski definition) is 0. The van der Waals surface area contributed by atoms with Gasteiger partial charge in [0.1, 0.15) is 28.6 Å². The third-order valence-corrected chi connectivity index (χ3v) is 9.51. The average Bonchev–Trinajstić information content (AvgIpc) is 2.99. The van der Waals surface area contributed by atoms with E-state index in [2.05, 4.69) is 107 Å². The molecule has 0 aromatic heterocycles. The van der Waals surface area contributed by atoms with E-state index in [0.717, 1.165) is 11.1 Å². The van der Waals surface area contributed by atoms with Gasteiger partial charge >= 0.3 is 14.8 Å². The highest BCUT2D eigenvalue weighted by molar-refractivity contribution is 7.43. The van der Waals surface area contributed by atoms with Crippen molar-refractivity contribution in [3.63, 3.8) is 0 Å². The largest absolute Gasteiger partial charge is 0.530 e. The van der Waals surface area contributed by atoms with Gasteiger partial charge in [0.2, 0.25) is 0 Å². The molecule has 4 aromatic rings. The van der Waals surface area contributed by atoms with Gasteiger partial charge in [-0.1, -0.05) is 144 Å². The van der Waals surface area contributed by atoms with Crippen molar-refractivity contribution in [3.8, 4) is 34.1 Å². The van der Waals surface area contributed by atoms with Crippen LogP contribution in [-0.4, -0.2) is 11.8 Å². The number of carbonyl (C=O) groups excluding carboxylic acids is 1. The Bertz CT molecular complexity index is 1780. The molecule has 0 spiro atoms. The van der Waals surface area contributed by atoms with Crippen LogP contribution in [0.1, 0.15) is 126 Å². The van der Waals surface area contributed by atoms with E-state index in [0.29, 0.717) is 34.1 Å². The van der Waals surface area contributed by atoms with E-state index in [-0.39, 0.29) is 21.7 Å². The quantitative estimate of drug-likeness (QED) is 0.102. The zero-order chi connectivity index (χ0) is 38.9. The fraction of sp³-hybridized carbons (Fsp3) is 0.444. The SMILES string of the molecule is CC(C)(C)OC(=O)Oc1ccccc1-c1ccccc1OP(Oc1ccc(C(C)(C)C)cc1C(C)(C)C)Oc1ccc(C(C)(C)C)cc1C(C)(C)C. The average molecular weight is 727 g/mol. The summed E-state index contributed by atoms with van der Waals surface area (Å²) >= 11 is 0. The summed E-state index contributed by atoms with van der Waals surface area (Å²) in [6.07, 6.45) is -0.783. The Morgan fingerprint density at radius 2 is 0.846 bits per heavy atom. The highest BCUT2D eigenvalue weighted by Gasteiger charge is 2.31. The summed E-state index contributed by atoms with van der Waals surface area (Å²) in [5.41, 5.74) is 4.69. The first-order valence-electron chi connectivity index (χ1n) is 18.1. The molecule has 7 heteroatoms. The fourth-order valence-corrected chi connectivity index (χ4v) is 6.60. The van der Waals surface area contributed by atoms with Crippen LogP contribution in [-0.2, 0) is 26.4 Å². The monoisotopic (exact) mass is 726 g/mol. The van der Waals surface area contributed by atoms with E-state index in [4.69, 9.17) is 23.0 Å². The second-order valence-corrected chi connectivity index (χ2v) is 19.5. The van der Waals surface area contributed by atoms with Crippen LogP contribution in [0.3, 0.4) is 0 Å². The second-order valence-electron chi connectivity index (χ2n) is 18.5. The van der Waals surface area contributed by atoms with E-state index in [9.17, 15) is 4.79 Å². The summed E-state index contributed by atoms with van der Waals surface area (Å²) in [6, 6.07) is 27.7. The molecule has 280 valence electrons. The van der Waals surface area contributed by atoms with Gasteiger partial charge in [-0.2, -0.15) is 0 Å². The minimum Gasteiger partial charge on any atom is -0.428 e. The van der Waals surface area contributed by atoms with E-state index in [1.165, 1.54) is 11.1 Å². The molecule has 6 nitrogen and oxygen atoms in total. The lowest BCUT2D eigenvalue weighted by Crippen LogP contribution is -2.26. The van der Waals surface area contributed by atoms with Gasteiger partial charge in [0.15, 0.2) is 0 Å². The highest BCUT2D eigenvalue weighted by atomic mass is 31.2. The fourth-order valence-electron chi connectivity index (χ4n) is 5.53. The molecule has 0 bridgehead atoms. The lowest BCUT2D eigenvalue weighted by Gasteiger charge is -2.30. The predicted molar refractivity (Wildman–Crippen MR) is 215 cm³/mol. The molecule has 0 saturated carbocycles. The normalized spacial score (nSPS) is 12.8. The molecule has 0 aliphatic heterocycles. The van der Waals surface area contributed by atoms with Crippen molar-refractivity contribution in [3.05, 3.63) is 107 Å². The van der Waals surface area contributed by atoms with Gasteiger partial charge in [0.25, 0.3) is 0 Å². The zero-order valence-corrected chi connectivity index (χ0v) is 34.9. The third-order valence-electron chi connectivity index (χ3n) is 8.47. The van der Waals surface area contributed by atoms with Gasteiger partial charge in [-0.25, -0.2) is 4.79 Å². The summed E-state index contributed by atoms with van der Waals surface area (Å²) in [5.74, 6) is 2.25. The van der Waals surface area contributed by atoms with Crippen LogP contribution < -0.4 is 18.3 Å². The molecular formula is C45H59O6P. The van der Waals surface area contributed by atoms with Crippen molar-refractivity contribution < 1.29 is 27.8 Å². The van der Waals surface area contributed by atoms with Crippen LogP contribution in [0.25, 0.3) is 11.1 Å². The van der Waals surface area contributed by atoms with Gasteiger partial charge in [-0.15, -0.1) is 0 Å². The van der Waals surface area contributed by atoms with Gasteiger partial charge in [-0.05, 0) is 77.8 Å². The molecule has 0 saturated heterocycles. The van der Waals surface area contributed by atoms with Crippen molar-refractivity contribution in [1.29, 1.82) is 0 Å². The van der Waals surface area contributed by atoms with Gasteiger partial charge in [-0.3, -0.25) is 0 Å². The van der Waals surface area contributed by atoms with Crippen molar-refractivity contribution in [2.45, 2.75) is 131 Å². The summed E-state index contributed by atoms with van der Waals surface area (Å²) in [5, 5.41) is 0. The molecule has 0 fully saturated rings. The molecule has 4 aromatic carbocycles. The lowest BCUT2D eigenvalue weighted by atomic mass is 9.80. The Kier molecular flexibility index (Phi) is 11.9. The van der Waals surface area contributed by atoms with Gasteiger partial charge in [0.05, 0.1) is 0 Å². The Morgan fingerprint density at radius 3 is 1.25 bits per heavy atom. The molecule has 0 amide bonds. The van der Waals surface area contributed by atoms with Gasteiger partial charge in [0, 0.05) is 22.3 Å². The van der Waals surface area contributed by atoms with E-state index in [1.54, 1.807) is 26.8 Å². The van der Waals surface area contributed by atoms with Crippen molar-refractivity contribution in [1.82, 2.24) is 0 Å². The minimum atomic E-state index is -2.08. The number of hydrogen-bond acceptors (Lipinski definition) is 6. The molecule has 0 atom stereocenters. The number of rotatable bonds is 8. The molecule has 0 radical (unpaired) electrons. The van der Waals surface area contributed by atoms with Crippen LogP contribution in [0.15, 0.2) is 84.9 Å². The maximum Gasteiger partial charge on any atom is 0.530 e. The number of para-hydroxylation sites is 2. The molecule has 0 heterocycles. The summed E-state index contributed by atoms with van der Waals surface area (Å²) in [6.45, 7) is 31.8. The molecule has 0 unspecified atom stereocenters. The molecule has 4 rings (SSSR count). The highest BCUT2D eigenvalue weighted by Crippen LogP contribution is 2.50. The Morgan fingerprint density at radius 1 is 0.462 bits per heavy atom. The van der Waals surface area contributed by atoms with Crippen LogP contribution in [0, 0.1) is 0 Å². The third kappa shape index (κ3) is 10.8. The predicted octanol–water partition coefficient (Wildman–Crippen LogP) is 13.6. The lowest BCUT2D eigenvalue weighted by molar-refractivity contribution is 0.0207. The first-order chi connectivity index (χ1) is 23.8. The first-order valence-corrected chi connectivity index (χ1v) is 19.2. The summed E-state index contributed by atoms with van der Waals surface area (Å²) in [4.78, 5) is 12.8. The Balaban J connectivity index is 1.85. The van der Waals surface area contributed by atoms with Crippen LogP contribution in [0.5, 0.6) is 23.0 Å². The molecule has 0 aliphatic carbocycles. The van der Waals surface area contributed by atoms with Crippen molar-refractivity contribution in [2.24, 2.45) is 0 Å². The number of benzene rings is 4. The molecular weight excluding hydrogens is 667 g/mol. The first kappa shape index (κ1) is 40.7. The van der Waals surface area contributed by atoms with E-state index >= 15 is 0 Å². The zero-order valence-electron chi connectivity index (χ0n) is 34.0. The van der Waals surface area contributed by atoms with E-state index < -0.39 is 20.4 Å². The molecule has 0 aliphatic rings. The molecule has 52 heavy (non-hydrogen) atoms. The smallest absolute Gasteiger partial charge is 0.428 e. The topological polar surface area (TPSA) is 63.2 Å². The second kappa shape index (κ2) is 15.1. The maximum atomic E-state index is 12.8. The standard InChI is InChI=1S/C45H59O6P/c1-41(2,3)30-24-26-38(34(28-30)43(7,8)9)50-52(51-39-27-25-31(42(4,5)6)29-35(39)44(10,11)12)49-37-23-19-17-21-33(37)32-20-16-18-22-36(32)47-40(46)48-45(13,14)15/h16-29H,1-15H3. The summed E-state index contributed by atoms with van der Waals surface area (Å²) < 4.78 is 31.8. The Labute approximate surface area is 314 Å². The van der Waals surface area contributed by atoms with Crippen molar-refractivity contribution >= 4 is 14.8 Å². The number of ether oxygens (including phenoxy) is 2. The van der Waals surface area contributed by atoms with Crippen LogP contribution >= 0.6 is 8.60 Å². The van der Waals surface area contributed by atoms with Gasteiger partial charge < -0.3 is 23.0 Å². The molecule has 0 N–H and O–H groups in total. The Hall–Kier alpha value is -4.02. The van der Waals surface area contributed by atoms with Crippen LogP contribution in [0.4, 0.5) is 4.79 Å².